The lowest BCUT2D eigenvalue weighted by Gasteiger charge is -2.22. The number of ether oxygens (including phenoxy) is 2. The minimum Gasteiger partial charge on any atom is -0.490 e. The highest BCUT2D eigenvalue weighted by atomic mass is 35.5. The predicted octanol–water partition coefficient (Wildman–Crippen LogP) is 4.51. The van der Waals surface area contributed by atoms with E-state index >= 15 is 0 Å². The van der Waals surface area contributed by atoms with Crippen molar-refractivity contribution >= 4 is 35.0 Å². The van der Waals surface area contributed by atoms with Gasteiger partial charge in [0.05, 0.1) is 6.61 Å². The summed E-state index contributed by atoms with van der Waals surface area (Å²) in [6.45, 7) is 5.68. The molecule has 142 valence electrons. The van der Waals surface area contributed by atoms with Gasteiger partial charge in [-0.05, 0) is 49.4 Å². The Hall–Kier alpha value is -2.99. The molecular weight excluding hydrogens is 368 g/mol. The van der Waals surface area contributed by atoms with Crippen molar-refractivity contribution in [1.82, 2.24) is 0 Å². The highest BCUT2D eigenvalue weighted by Gasteiger charge is 2.20. The van der Waals surface area contributed by atoms with Gasteiger partial charge in [-0.25, -0.2) is 4.79 Å². The lowest BCUT2D eigenvalue weighted by Crippen LogP contribution is -2.39. The monoisotopic (exact) mass is 388 g/mol. The highest BCUT2D eigenvalue weighted by molar-refractivity contribution is 6.30. The minimum absolute atomic E-state index is 0.229. The molecule has 0 atom stereocenters. The van der Waals surface area contributed by atoms with Gasteiger partial charge in [0.2, 0.25) is 0 Å². The third kappa shape index (κ3) is 6.34. The van der Waals surface area contributed by atoms with Gasteiger partial charge in [-0.3, -0.25) is 9.69 Å². The van der Waals surface area contributed by atoms with Crippen molar-refractivity contribution in [3.63, 3.8) is 0 Å². The third-order valence-electron chi connectivity index (χ3n) is 3.43. The predicted molar refractivity (Wildman–Crippen MR) is 107 cm³/mol. The Kier molecular flexibility index (Phi) is 7.70. The first kappa shape index (κ1) is 20.3. The zero-order valence-corrected chi connectivity index (χ0v) is 15.7. The third-order valence-corrected chi connectivity index (χ3v) is 3.66. The summed E-state index contributed by atoms with van der Waals surface area (Å²) in [5.41, 5.74) is 1.04. The number of esters is 1. The van der Waals surface area contributed by atoms with E-state index in [4.69, 9.17) is 21.1 Å². The van der Waals surface area contributed by atoms with Crippen LogP contribution < -0.4 is 15.0 Å². The molecule has 27 heavy (non-hydrogen) atoms. The summed E-state index contributed by atoms with van der Waals surface area (Å²) >= 11 is 5.95. The second kappa shape index (κ2) is 10.2. The number of carbonyl (C=O) groups is 2. The Morgan fingerprint density at radius 3 is 2.59 bits per heavy atom. The molecule has 0 fully saturated rings. The van der Waals surface area contributed by atoms with E-state index in [1.54, 1.807) is 61.5 Å². The number of carbonyl (C=O) groups excluding carboxylic acids is 2. The standard InChI is InChI=1S/C20H21ClN2O4/c1-3-12-27-18-10-8-17(9-11-18)23(14-19(24)26-4-2)20(25)22-16-7-5-6-15(21)13-16/h3,5-11,13H,1,4,12,14H2,2H3,(H,22,25). The first-order chi connectivity index (χ1) is 13.0. The number of nitrogens with one attached hydrogen (secondary N) is 1. The van der Waals surface area contributed by atoms with Crippen molar-refractivity contribution in [2.75, 3.05) is 30.0 Å². The Morgan fingerprint density at radius 2 is 1.96 bits per heavy atom. The fourth-order valence-corrected chi connectivity index (χ4v) is 2.44. The number of benzene rings is 2. The molecule has 0 bridgehead atoms. The van der Waals surface area contributed by atoms with Crippen LogP contribution >= 0.6 is 11.6 Å². The molecular formula is C20H21ClN2O4. The molecule has 1 N–H and O–H groups in total. The molecule has 0 saturated heterocycles. The maximum atomic E-state index is 12.7. The Labute approximate surface area is 163 Å². The zero-order chi connectivity index (χ0) is 19.6. The first-order valence-corrected chi connectivity index (χ1v) is 8.74. The summed E-state index contributed by atoms with van der Waals surface area (Å²) in [7, 11) is 0. The van der Waals surface area contributed by atoms with Crippen LogP contribution in [0.2, 0.25) is 5.02 Å². The molecule has 0 heterocycles. The largest absolute Gasteiger partial charge is 0.490 e. The van der Waals surface area contributed by atoms with Gasteiger partial charge in [0.15, 0.2) is 0 Å². The summed E-state index contributed by atoms with van der Waals surface area (Å²) in [4.78, 5) is 26.0. The SMILES string of the molecule is C=CCOc1ccc(N(CC(=O)OCC)C(=O)Nc2cccc(Cl)c2)cc1. The molecule has 7 heteroatoms. The van der Waals surface area contributed by atoms with Crippen molar-refractivity contribution in [3.8, 4) is 5.75 Å². The van der Waals surface area contributed by atoms with E-state index in [0.29, 0.717) is 28.8 Å². The van der Waals surface area contributed by atoms with Crippen LogP contribution in [-0.2, 0) is 9.53 Å². The molecule has 0 radical (unpaired) electrons. The van der Waals surface area contributed by atoms with Crippen LogP contribution in [0.15, 0.2) is 61.2 Å². The summed E-state index contributed by atoms with van der Waals surface area (Å²) < 4.78 is 10.4. The second-order valence-corrected chi connectivity index (χ2v) is 5.86. The number of nitrogens with zero attached hydrogens (tertiary/aromatic N) is 1. The van der Waals surface area contributed by atoms with E-state index in [0.717, 1.165) is 0 Å². The molecule has 2 rings (SSSR count). The zero-order valence-electron chi connectivity index (χ0n) is 15.0. The quantitative estimate of drug-likeness (QED) is 0.533. The number of halogens is 1. The second-order valence-electron chi connectivity index (χ2n) is 5.43. The van der Waals surface area contributed by atoms with Crippen molar-refractivity contribution in [2.45, 2.75) is 6.92 Å². The van der Waals surface area contributed by atoms with E-state index in [1.165, 1.54) is 4.90 Å². The number of amides is 2. The molecule has 0 aliphatic carbocycles. The number of rotatable bonds is 8. The van der Waals surface area contributed by atoms with Crippen molar-refractivity contribution in [1.29, 1.82) is 0 Å². The lowest BCUT2D eigenvalue weighted by molar-refractivity contribution is -0.141. The lowest BCUT2D eigenvalue weighted by atomic mass is 10.2. The van der Waals surface area contributed by atoms with Gasteiger partial charge in [-0.15, -0.1) is 0 Å². The molecule has 0 spiro atoms. The van der Waals surface area contributed by atoms with Gasteiger partial charge in [0, 0.05) is 16.4 Å². The molecule has 2 amide bonds. The molecule has 2 aromatic rings. The molecule has 6 nitrogen and oxygen atoms in total. The van der Waals surface area contributed by atoms with Gasteiger partial charge in [-0.1, -0.05) is 30.3 Å². The van der Waals surface area contributed by atoms with E-state index in [1.807, 2.05) is 0 Å². The fourth-order valence-electron chi connectivity index (χ4n) is 2.25. The van der Waals surface area contributed by atoms with E-state index in [9.17, 15) is 9.59 Å². The minimum atomic E-state index is -0.509. The average molecular weight is 389 g/mol. The average Bonchev–Trinajstić information content (AvgIpc) is 2.65. The Bertz CT molecular complexity index is 793. The van der Waals surface area contributed by atoms with Crippen LogP contribution in [0.5, 0.6) is 5.75 Å². The molecule has 0 saturated carbocycles. The summed E-state index contributed by atoms with van der Waals surface area (Å²) in [5, 5.41) is 3.22. The first-order valence-electron chi connectivity index (χ1n) is 8.37. The van der Waals surface area contributed by atoms with Crippen LogP contribution in [-0.4, -0.2) is 31.8 Å². The molecule has 0 aromatic heterocycles. The molecule has 0 aliphatic heterocycles. The van der Waals surface area contributed by atoms with Crippen LogP contribution in [0.25, 0.3) is 0 Å². The smallest absolute Gasteiger partial charge is 0.326 e. The van der Waals surface area contributed by atoms with Crippen molar-refractivity contribution in [3.05, 3.63) is 66.2 Å². The van der Waals surface area contributed by atoms with Gasteiger partial charge in [0.1, 0.15) is 18.9 Å². The van der Waals surface area contributed by atoms with E-state index in [2.05, 4.69) is 11.9 Å². The van der Waals surface area contributed by atoms with Crippen LogP contribution in [0, 0.1) is 0 Å². The number of hydrogen-bond acceptors (Lipinski definition) is 4. The summed E-state index contributed by atoms with van der Waals surface area (Å²) in [6.07, 6.45) is 1.64. The Balaban J connectivity index is 2.20. The van der Waals surface area contributed by atoms with Gasteiger partial charge < -0.3 is 14.8 Å². The van der Waals surface area contributed by atoms with Gasteiger partial charge in [0.25, 0.3) is 0 Å². The van der Waals surface area contributed by atoms with Crippen LogP contribution in [0.1, 0.15) is 6.92 Å². The summed E-state index contributed by atoms with van der Waals surface area (Å²) in [5.74, 6) is 0.121. The molecule has 0 unspecified atom stereocenters. The van der Waals surface area contributed by atoms with E-state index in [-0.39, 0.29) is 13.2 Å². The van der Waals surface area contributed by atoms with Crippen LogP contribution in [0.4, 0.5) is 16.2 Å². The normalized spacial score (nSPS) is 10.0. The Morgan fingerprint density at radius 1 is 1.22 bits per heavy atom. The number of hydrogen-bond donors (Lipinski definition) is 1. The fraction of sp³-hybridized carbons (Fsp3) is 0.200. The maximum absolute atomic E-state index is 12.7. The van der Waals surface area contributed by atoms with Crippen LogP contribution in [0.3, 0.4) is 0 Å². The van der Waals surface area contributed by atoms with Gasteiger partial charge >= 0.3 is 12.0 Å². The topological polar surface area (TPSA) is 67.9 Å². The number of urea groups is 1. The summed E-state index contributed by atoms with van der Waals surface area (Å²) in [6, 6.07) is 13.1. The van der Waals surface area contributed by atoms with Gasteiger partial charge in [-0.2, -0.15) is 0 Å². The van der Waals surface area contributed by atoms with Crippen molar-refractivity contribution in [2.24, 2.45) is 0 Å². The van der Waals surface area contributed by atoms with Crippen molar-refractivity contribution < 1.29 is 19.1 Å². The van der Waals surface area contributed by atoms with E-state index < -0.39 is 12.0 Å². The molecule has 2 aromatic carbocycles. The molecule has 0 aliphatic rings. The number of anilines is 2. The highest BCUT2D eigenvalue weighted by Crippen LogP contribution is 2.22. The maximum Gasteiger partial charge on any atom is 0.326 e.